The van der Waals surface area contributed by atoms with Crippen molar-refractivity contribution in [1.29, 1.82) is 0 Å². The molecule has 10 heteroatoms. The van der Waals surface area contributed by atoms with Crippen LogP contribution in [0.25, 0.3) is 0 Å². The van der Waals surface area contributed by atoms with Crippen LogP contribution >= 0.6 is 7.82 Å². The summed E-state index contributed by atoms with van der Waals surface area (Å²) < 4.78 is 34.2. The molecule has 0 bridgehead atoms. The number of hydrogen-bond donors (Lipinski definition) is 1. The van der Waals surface area contributed by atoms with Crippen molar-refractivity contribution in [3.05, 3.63) is 48.6 Å². The molecule has 0 radical (unpaired) electrons. The van der Waals surface area contributed by atoms with Gasteiger partial charge >= 0.3 is 19.8 Å². The molecule has 0 aromatic carbocycles. The van der Waals surface area contributed by atoms with E-state index in [1.165, 1.54) is 77.0 Å². The van der Waals surface area contributed by atoms with E-state index >= 15 is 0 Å². The second kappa shape index (κ2) is 36.6. The molecule has 0 saturated carbocycles. The molecule has 0 aliphatic carbocycles. The number of quaternary nitrogens is 1. The largest absolute Gasteiger partial charge is 0.472 e. The van der Waals surface area contributed by atoms with Crippen LogP contribution in [0.4, 0.5) is 0 Å². The summed E-state index contributed by atoms with van der Waals surface area (Å²) in [6.45, 7) is 4.32. The summed E-state index contributed by atoms with van der Waals surface area (Å²) in [6, 6.07) is 0. The van der Waals surface area contributed by atoms with Gasteiger partial charge in [-0.05, 0) is 77.0 Å². The fourth-order valence-electron chi connectivity index (χ4n) is 5.43. The van der Waals surface area contributed by atoms with Crippen LogP contribution in [0, 0.1) is 0 Å². The number of phosphoric acid groups is 1. The molecule has 54 heavy (non-hydrogen) atoms. The van der Waals surface area contributed by atoms with Crippen molar-refractivity contribution in [2.45, 2.75) is 174 Å². The number of esters is 2. The highest BCUT2D eigenvalue weighted by Gasteiger charge is 2.27. The SMILES string of the molecule is CCCCCCCC/C=C\C/C=C\CCCCC(=O)OCC(COP(=O)(O)OCC[N+](C)(C)C)OC(=O)CCCC/C=C\C/C=C\CCCCCCCC. The molecule has 9 nitrogen and oxygen atoms in total. The zero-order valence-electron chi connectivity index (χ0n) is 35.2. The number of carbonyl (C=O) groups excluding carboxylic acids is 2. The number of likely N-dealkylation sites (N-methyl/N-ethyl adjacent to an activating group) is 1. The molecule has 2 unspecified atom stereocenters. The van der Waals surface area contributed by atoms with Gasteiger partial charge in [0.15, 0.2) is 6.10 Å². The van der Waals surface area contributed by atoms with Crippen molar-refractivity contribution in [2.24, 2.45) is 0 Å². The second-order valence-corrected chi connectivity index (χ2v) is 16.8. The van der Waals surface area contributed by atoms with Gasteiger partial charge in [0, 0.05) is 12.8 Å². The van der Waals surface area contributed by atoms with Crippen molar-refractivity contribution in [3.8, 4) is 0 Å². The van der Waals surface area contributed by atoms with Crippen molar-refractivity contribution < 1.29 is 42.1 Å². The zero-order chi connectivity index (χ0) is 40.0. The number of rotatable bonds is 38. The molecule has 0 aromatic rings. The van der Waals surface area contributed by atoms with Gasteiger partial charge in [-0.3, -0.25) is 18.6 Å². The summed E-state index contributed by atoms with van der Waals surface area (Å²) in [5, 5.41) is 0. The predicted octanol–water partition coefficient (Wildman–Crippen LogP) is 11.9. The maximum Gasteiger partial charge on any atom is 0.472 e. The molecular weight excluding hydrogens is 701 g/mol. The van der Waals surface area contributed by atoms with Crippen LogP contribution in [0.2, 0.25) is 0 Å². The Morgan fingerprint density at radius 1 is 0.574 bits per heavy atom. The van der Waals surface area contributed by atoms with Crippen molar-refractivity contribution >= 4 is 19.8 Å². The molecule has 314 valence electrons. The molecule has 0 saturated heterocycles. The number of carbonyl (C=O) groups is 2. The van der Waals surface area contributed by atoms with Gasteiger partial charge < -0.3 is 18.9 Å². The van der Waals surface area contributed by atoms with Crippen LogP contribution in [0.5, 0.6) is 0 Å². The lowest BCUT2D eigenvalue weighted by atomic mass is 10.1. The molecule has 0 fully saturated rings. The lowest BCUT2D eigenvalue weighted by Crippen LogP contribution is -2.37. The molecule has 0 aromatic heterocycles. The highest BCUT2D eigenvalue weighted by molar-refractivity contribution is 7.47. The first-order valence-corrected chi connectivity index (χ1v) is 22.9. The van der Waals surface area contributed by atoms with E-state index in [0.717, 1.165) is 51.4 Å². The quantitative estimate of drug-likeness (QED) is 0.0217. The number of unbranched alkanes of at least 4 members (excludes halogenated alkanes) is 16. The number of phosphoric ester groups is 1. The first-order valence-electron chi connectivity index (χ1n) is 21.4. The minimum absolute atomic E-state index is 0.0196. The van der Waals surface area contributed by atoms with Crippen molar-refractivity contribution in [1.82, 2.24) is 0 Å². The summed E-state index contributed by atoms with van der Waals surface area (Å²) in [7, 11) is 1.43. The van der Waals surface area contributed by atoms with Gasteiger partial charge in [0.2, 0.25) is 0 Å². The fraction of sp³-hybridized carbons (Fsp3) is 0.773. The minimum Gasteiger partial charge on any atom is -0.462 e. The highest BCUT2D eigenvalue weighted by Crippen LogP contribution is 2.43. The monoisotopic (exact) mass is 783 g/mol. The van der Waals surface area contributed by atoms with E-state index in [9.17, 15) is 19.0 Å². The topological polar surface area (TPSA) is 108 Å². The first-order chi connectivity index (χ1) is 26.0. The van der Waals surface area contributed by atoms with E-state index in [0.29, 0.717) is 23.9 Å². The summed E-state index contributed by atoms with van der Waals surface area (Å²) in [6.07, 6.45) is 41.7. The van der Waals surface area contributed by atoms with E-state index in [4.69, 9.17) is 18.5 Å². The third-order valence-electron chi connectivity index (χ3n) is 8.83. The van der Waals surface area contributed by atoms with Crippen molar-refractivity contribution in [2.75, 3.05) is 47.5 Å². The second-order valence-electron chi connectivity index (χ2n) is 15.4. The summed E-state index contributed by atoms with van der Waals surface area (Å²) in [4.78, 5) is 35.3. The van der Waals surface area contributed by atoms with Gasteiger partial charge in [0.1, 0.15) is 19.8 Å². The molecule has 1 N–H and O–H groups in total. The van der Waals surface area contributed by atoms with Crippen LogP contribution in [0.1, 0.15) is 168 Å². The van der Waals surface area contributed by atoms with Crippen LogP contribution < -0.4 is 0 Å². The Bertz CT molecular complexity index is 1070. The minimum atomic E-state index is -4.39. The maximum absolute atomic E-state index is 12.6. The molecule has 2 atom stereocenters. The van der Waals surface area contributed by atoms with Crippen LogP contribution in [-0.2, 0) is 32.7 Å². The third-order valence-corrected chi connectivity index (χ3v) is 9.82. The number of ether oxygens (including phenoxy) is 2. The number of allylic oxidation sites excluding steroid dienone is 8. The zero-order valence-corrected chi connectivity index (χ0v) is 36.1. The smallest absolute Gasteiger partial charge is 0.462 e. The Balaban J connectivity index is 4.50. The van der Waals surface area contributed by atoms with E-state index < -0.39 is 32.5 Å². The summed E-state index contributed by atoms with van der Waals surface area (Å²) >= 11 is 0. The standard InChI is InChI=1S/C44H80NO8P/c1-6-8-10-12-14-16-18-20-22-24-26-28-30-32-34-36-43(46)50-40-42(41-52-54(48,49)51-39-38-45(3,4)5)53-44(47)37-35-33-31-29-27-25-23-21-19-17-15-13-11-9-7-2/h20-23,26-29,42H,6-19,24-25,30-41H2,1-5H3/p+1/b22-20-,23-21-,28-26-,29-27-. The fourth-order valence-corrected chi connectivity index (χ4v) is 6.17. The molecule has 0 spiro atoms. The molecule has 0 rings (SSSR count). The first kappa shape index (κ1) is 52.0. The predicted molar refractivity (Wildman–Crippen MR) is 224 cm³/mol. The Labute approximate surface area is 331 Å². The van der Waals surface area contributed by atoms with Gasteiger partial charge in [0.25, 0.3) is 0 Å². The van der Waals surface area contributed by atoms with Crippen LogP contribution in [-0.4, -0.2) is 74.9 Å². The number of hydrogen-bond acceptors (Lipinski definition) is 7. The van der Waals surface area contributed by atoms with E-state index in [2.05, 4.69) is 62.5 Å². The lowest BCUT2D eigenvalue weighted by Gasteiger charge is -2.24. The average molecular weight is 783 g/mol. The van der Waals surface area contributed by atoms with Gasteiger partial charge in [-0.15, -0.1) is 0 Å². The normalized spacial score (nSPS) is 14.1. The van der Waals surface area contributed by atoms with E-state index in [1.807, 2.05) is 21.1 Å². The van der Waals surface area contributed by atoms with Gasteiger partial charge in [-0.1, -0.05) is 127 Å². The Kier molecular flexibility index (Phi) is 35.2. The summed E-state index contributed by atoms with van der Waals surface area (Å²) in [5.74, 6) is -0.878. The van der Waals surface area contributed by atoms with Crippen molar-refractivity contribution in [3.63, 3.8) is 0 Å². The molecular formula is C44H81NO8P+. The Morgan fingerprint density at radius 2 is 1.00 bits per heavy atom. The lowest BCUT2D eigenvalue weighted by molar-refractivity contribution is -0.870. The third kappa shape index (κ3) is 39.7. The van der Waals surface area contributed by atoms with Gasteiger partial charge in [-0.2, -0.15) is 0 Å². The van der Waals surface area contributed by atoms with E-state index in [-0.39, 0.29) is 26.1 Å². The Hall–Kier alpha value is -2.03. The van der Waals surface area contributed by atoms with Crippen LogP contribution in [0.15, 0.2) is 48.6 Å². The molecule has 0 heterocycles. The van der Waals surface area contributed by atoms with E-state index in [1.54, 1.807) is 0 Å². The Morgan fingerprint density at radius 3 is 1.46 bits per heavy atom. The maximum atomic E-state index is 12.6. The van der Waals surface area contributed by atoms with Crippen LogP contribution in [0.3, 0.4) is 0 Å². The van der Waals surface area contributed by atoms with Gasteiger partial charge in [0.05, 0.1) is 27.7 Å². The molecule has 0 amide bonds. The molecule has 0 aliphatic rings. The average Bonchev–Trinajstić information content (AvgIpc) is 3.12. The van der Waals surface area contributed by atoms with Gasteiger partial charge in [-0.25, -0.2) is 4.57 Å². The summed E-state index contributed by atoms with van der Waals surface area (Å²) in [5.41, 5.74) is 0. The number of nitrogens with zero attached hydrogens (tertiary/aromatic N) is 1. The molecule has 0 aliphatic heterocycles. The highest BCUT2D eigenvalue weighted by atomic mass is 31.2.